The average molecular weight is 292 g/mol. The van der Waals surface area contributed by atoms with Crippen molar-refractivity contribution in [3.63, 3.8) is 0 Å². The highest BCUT2D eigenvalue weighted by Gasteiger charge is 2.87. The molecule has 0 spiro atoms. The minimum atomic E-state index is -4.50. The Kier molecular flexibility index (Phi) is 3.18. The molecule has 2 aliphatic heterocycles. The van der Waals surface area contributed by atoms with Crippen LogP contribution in [0, 0.1) is 0 Å². The van der Waals surface area contributed by atoms with Gasteiger partial charge in [-0.05, 0) is 18.9 Å². The first-order valence-electron chi connectivity index (χ1n) is 6.36. The number of hydrogen-bond acceptors (Lipinski definition) is 2. The molecule has 0 radical (unpaired) electrons. The van der Waals surface area contributed by atoms with E-state index in [-0.39, 0.29) is 5.76 Å². The van der Waals surface area contributed by atoms with Gasteiger partial charge in [-0.3, -0.25) is 0 Å². The Morgan fingerprint density at radius 1 is 1.37 bits per heavy atom. The van der Waals surface area contributed by atoms with Gasteiger partial charge in [-0.15, -0.1) is 6.58 Å². The second-order valence-corrected chi connectivity index (χ2v) is 11.3. The van der Waals surface area contributed by atoms with Crippen LogP contribution in [0.25, 0.3) is 0 Å². The van der Waals surface area contributed by atoms with Crippen molar-refractivity contribution in [1.29, 1.82) is 0 Å². The molecule has 0 aromatic rings. The Hall–Kier alpha value is -0.753. The molecule has 2 aliphatic rings. The number of ether oxygens (including phenoxy) is 2. The first-order chi connectivity index (χ1) is 8.62. The summed E-state index contributed by atoms with van der Waals surface area (Å²) in [6.45, 7) is 9.46. The fourth-order valence-corrected chi connectivity index (χ4v) is 5.23. The summed E-state index contributed by atoms with van der Waals surface area (Å²) in [7, 11) is -2.28. The SMILES string of the molecule is C=C[C@]1([Si](C)(C)C)O[C@@]1(C1=CCCCO1)C(F)(F)F. The van der Waals surface area contributed by atoms with Crippen molar-refractivity contribution >= 4 is 8.07 Å². The molecule has 0 aromatic carbocycles. The van der Waals surface area contributed by atoms with E-state index in [2.05, 4.69) is 6.58 Å². The van der Waals surface area contributed by atoms with Crippen LogP contribution in [0.1, 0.15) is 12.8 Å². The van der Waals surface area contributed by atoms with Gasteiger partial charge in [0.1, 0.15) is 11.0 Å². The molecule has 0 saturated carbocycles. The number of rotatable bonds is 3. The number of epoxide rings is 1. The highest BCUT2D eigenvalue weighted by Crippen LogP contribution is 2.66. The van der Waals surface area contributed by atoms with E-state index >= 15 is 0 Å². The van der Waals surface area contributed by atoms with Crippen LogP contribution in [-0.4, -0.2) is 31.7 Å². The van der Waals surface area contributed by atoms with Gasteiger partial charge in [0.05, 0.1) is 14.7 Å². The van der Waals surface area contributed by atoms with E-state index in [4.69, 9.17) is 9.47 Å². The summed E-state index contributed by atoms with van der Waals surface area (Å²) in [6, 6.07) is 0. The number of alkyl halides is 3. The summed E-state index contributed by atoms with van der Waals surface area (Å²) in [5.41, 5.74) is -2.31. The zero-order valence-corrected chi connectivity index (χ0v) is 12.4. The van der Waals surface area contributed by atoms with Gasteiger partial charge < -0.3 is 9.47 Å². The molecule has 0 unspecified atom stereocenters. The maximum atomic E-state index is 13.6. The molecule has 0 aliphatic carbocycles. The molecule has 0 N–H and O–H groups in total. The van der Waals surface area contributed by atoms with Gasteiger partial charge in [0.15, 0.2) is 0 Å². The molecule has 2 heterocycles. The summed E-state index contributed by atoms with van der Waals surface area (Å²) in [5, 5.41) is -1.33. The van der Waals surface area contributed by atoms with Crippen LogP contribution in [0.2, 0.25) is 19.6 Å². The van der Waals surface area contributed by atoms with Crippen LogP contribution in [0.4, 0.5) is 13.2 Å². The van der Waals surface area contributed by atoms with E-state index in [0.29, 0.717) is 13.0 Å². The Morgan fingerprint density at radius 2 is 2.00 bits per heavy atom. The van der Waals surface area contributed by atoms with Gasteiger partial charge in [0.25, 0.3) is 5.60 Å². The average Bonchev–Trinajstić information content (AvgIpc) is 3.01. The third-order valence-electron chi connectivity index (χ3n) is 3.88. The van der Waals surface area contributed by atoms with E-state index in [9.17, 15) is 13.2 Å². The third kappa shape index (κ3) is 1.80. The molecule has 19 heavy (non-hydrogen) atoms. The van der Waals surface area contributed by atoms with E-state index in [1.165, 1.54) is 12.2 Å². The topological polar surface area (TPSA) is 21.8 Å². The molecule has 0 bridgehead atoms. The summed E-state index contributed by atoms with van der Waals surface area (Å²) < 4.78 is 51.5. The van der Waals surface area contributed by atoms with Gasteiger partial charge >= 0.3 is 6.18 Å². The van der Waals surface area contributed by atoms with E-state index in [0.717, 1.165) is 6.42 Å². The predicted molar refractivity (Wildman–Crippen MR) is 69.4 cm³/mol. The standard InChI is InChI=1S/C13H19F3O2Si/c1-5-11(19(2,3)4)12(18-11,13(14,15)16)10-8-6-7-9-17-10/h5,8H,1,6-7,9H2,2-4H3/t11-,12-/m1/s1. The van der Waals surface area contributed by atoms with Crippen molar-refractivity contribution in [3.05, 3.63) is 24.5 Å². The summed E-state index contributed by atoms with van der Waals surface area (Å²) in [5.74, 6) is -0.0754. The number of halogens is 3. The quantitative estimate of drug-likeness (QED) is 0.448. The Bertz CT molecular complexity index is 425. The van der Waals surface area contributed by atoms with Gasteiger partial charge in [-0.1, -0.05) is 25.7 Å². The lowest BCUT2D eigenvalue weighted by Gasteiger charge is -2.30. The minimum Gasteiger partial charge on any atom is -0.495 e. The van der Waals surface area contributed by atoms with Crippen LogP contribution < -0.4 is 0 Å². The van der Waals surface area contributed by atoms with E-state index < -0.39 is 25.1 Å². The molecule has 0 aromatic heterocycles. The van der Waals surface area contributed by atoms with Crippen LogP contribution >= 0.6 is 0 Å². The van der Waals surface area contributed by atoms with Gasteiger partial charge in [-0.2, -0.15) is 13.2 Å². The first kappa shape index (κ1) is 14.7. The van der Waals surface area contributed by atoms with E-state index in [1.54, 1.807) is 0 Å². The zero-order valence-electron chi connectivity index (χ0n) is 11.4. The molecule has 2 nitrogen and oxygen atoms in total. The first-order valence-corrected chi connectivity index (χ1v) is 9.86. The summed E-state index contributed by atoms with van der Waals surface area (Å²) in [4.78, 5) is 0. The summed E-state index contributed by atoms with van der Waals surface area (Å²) in [6.07, 6.45) is -0.320. The third-order valence-corrected chi connectivity index (χ3v) is 6.77. The second kappa shape index (κ2) is 4.12. The van der Waals surface area contributed by atoms with Gasteiger partial charge in [0, 0.05) is 0 Å². The minimum absolute atomic E-state index is 0.0754. The van der Waals surface area contributed by atoms with Crippen molar-refractivity contribution in [2.75, 3.05) is 6.61 Å². The normalized spacial score (nSPS) is 35.4. The predicted octanol–water partition coefficient (Wildman–Crippen LogP) is 3.81. The molecule has 6 heteroatoms. The highest BCUT2D eigenvalue weighted by molar-refractivity contribution is 6.80. The monoisotopic (exact) mass is 292 g/mol. The largest absolute Gasteiger partial charge is 0.495 e. The Labute approximate surface area is 112 Å². The molecular formula is C13H19F3O2Si. The molecule has 2 atom stereocenters. The van der Waals surface area contributed by atoms with Crippen molar-refractivity contribution in [3.8, 4) is 0 Å². The van der Waals surface area contributed by atoms with E-state index in [1.807, 2.05) is 19.6 Å². The van der Waals surface area contributed by atoms with Crippen LogP contribution in [0.15, 0.2) is 24.5 Å². The molecule has 0 amide bonds. The van der Waals surface area contributed by atoms with Gasteiger partial charge in [-0.25, -0.2) is 0 Å². The van der Waals surface area contributed by atoms with Crippen LogP contribution in [-0.2, 0) is 9.47 Å². The number of allylic oxidation sites excluding steroid dienone is 1. The van der Waals surface area contributed by atoms with Gasteiger partial charge in [0.2, 0.25) is 0 Å². The van der Waals surface area contributed by atoms with Crippen molar-refractivity contribution < 1.29 is 22.6 Å². The molecule has 1 saturated heterocycles. The fourth-order valence-electron chi connectivity index (χ4n) is 2.83. The van der Waals surface area contributed by atoms with Crippen molar-refractivity contribution in [2.45, 2.75) is 49.5 Å². The molecule has 1 fully saturated rings. The van der Waals surface area contributed by atoms with Crippen LogP contribution in [0.3, 0.4) is 0 Å². The fraction of sp³-hybridized carbons (Fsp3) is 0.692. The lowest BCUT2D eigenvalue weighted by atomic mass is 9.98. The zero-order chi connectivity index (χ0) is 14.5. The lowest BCUT2D eigenvalue weighted by molar-refractivity contribution is -0.183. The Morgan fingerprint density at radius 3 is 2.32 bits per heavy atom. The smallest absolute Gasteiger partial charge is 0.427 e. The highest BCUT2D eigenvalue weighted by atomic mass is 28.3. The molecule has 2 rings (SSSR count). The Balaban J connectivity index is 2.52. The second-order valence-electron chi connectivity index (χ2n) is 6.03. The maximum absolute atomic E-state index is 13.6. The van der Waals surface area contributed by atoms with Crippen molar-refractivity contribution in [2.24, 2.45) is 0 Å². The van der Waals surface area contributed by atoms with Crippen molar-refractivity contribution in [1.82, 2.24) is 0 Å². The van der Waals surface area contributed by atoms with Crippen LogP contribution in [0.5, 0.6) is 0 Å². The lowest BCUT2D eigenvalue weighted by Crippen LogP contribution is -2.53. The maximum Gasteiger partial charge on any atom is 0.427 e. The number of hydrogen-bond donors (Lipinski definition) is 0. The summed E-state index contributed by atoms with van der Waals surface area (Å²) >= 11 is 0. The molecule has 108 valence electrons. The molecular weight excluding hydrogens is 273 g/mol.